The van der Waals surface area contributed by atoms with E-state index >= 15 is 0 Å². The summed E-state index contributed by atoms with van der Waals surface area (Å²) in [6.07, 6.45) is -3.93. The molecule has 0 heterocycles. The molecule has 0 spiro atoms. The Morgan fingerprint density at radius 1 is 1.03 bits per heavy atom. The van der Waals surface area contributed by atoms with E-state index in [0.717, 1.165) is 17.7 Å². The highest BCUT2D eigenvalue weighted by molar-refractivity contribution is 6.31. The topological polar surface area (TPSA) is 61.4 Å². The van der Waals surface area contributed by atoms with Crippen LogP contribution < -0.4 is 10.6 Å². The summed E-state index contributed by atoms with van der Waals surface area (Å²) in [5, 5.41) is 4.70. The predicted octanol–water partition coefficient (Wildman–Crippen LogP) is 3.59. The molecule has 5 nitrogen and oxygen atoms in total. The number of rotatable bonds is 8. The van der Waals surface area contributed by atoms with Crippen molar-refractivity contribution in [1.29, 1.82) is 0 Å². The summed E-state index contributed by atoms with van der Waals surface area (Å²) < 4.78 is 38.6. The summed E-state index contributed by atoms with van der Waals surface area (Å²) in [4.78, 5) is 25.5. The second-order valence-electron chi connectivity index (χ2n) is 6.50. The molecule has 0 saturated carbocycles. The molecule has 0 saturated heterocycles. The molecule has 0 aliphatic rings. The van der Waals surface area contributed by atoms with Crippen LogP contribution in [-0.2, 0) is 22.2 Å². The quantitative estimate of drug-likeness (QED) is 0.677. The van der Waals surface area contributed by atoms with E-state index in [1.54, 1.807) is 7.05 Å². The van der Waals surface area contributed by atoms with E-state index in [4.69, 9.17) is 11.6 Å². The second kappa shape index (κ2) is 10.3. The molecule has 0 aromatic heterocycles. The van der Waals surface area contributed by atoms with Gasteiger partial charge in [0.15, 0.2) is 0 Å². The Hall–Kier alpha value is -2.58. The number of benzene rings is 2. The van der Waals surface area contributed by atoms with Gasteiger partial charge >= 0.3 is 6.18 Å². The fourth-order valence-electron chi connectivity index (χ4n) is 2.61. The van der Waals surface area contributed by atoms with Gasteiger partial charge in [-0.05, 0) is 37.2 Å². The van der Waals surface area contributed by atoms with Gasteiger partial charge in [0.05, 0.1) is 23.7 Å². The minimum atomic E-state index is -4.62. The van der Waals surface area contributed by atoms with Gasteiger partial charge in [-0.15, -0.1) is 0 Å². The Labute approximate surface area is 171 Å². The Kier molecular flexibility index (Phi) is 8.04. The normalized spacial score (nSPS) is 11.4. The predicted molar refractivity (Wildman–Crippen MR) is 106 cm³/mol. The Bertz CT molecular complexity index is 845. The second-order valence-corrected chi connectivity index (χ2v) is 6.91. The fourth-order valence-corrected chi connectivity index (χ4v) is 2.84. The zero-order valence-electron chi connectivity index (χ0n) is 15.7. The summed E-state index contributed by atoms with van der Waals surface area (Å²) in [6.45, 7) is 0.292. The maximum absolute atomic E-state index is 12.9. The van der Waals surface area contributed by atoms with Crippen molar-refractivity contribution in [2.45, 2.75) is 12.6 Å². The molecule has 2 N–H and O–H groups in total. The summed E-state index contributed by atoms with van der Waals surface area (Å²) in [6, 6.07) is 12.8. The van der Waals surface area contributed by atoms with Crippen LogP contribution in [0.1, 0.15) is 11.1 Å². The lowest BCUT2D eigenvalue weighted by atomic mass is 10.1. The molecule has 156 valence electrons. The molecule has 0 atom stereocenters. The number of nitrogens with one attached hydrogen (secondary N) is 2. The smallest absolute Gasteiger partial charge is 0.355 e. The van der Waals surface area contributed by atoms with Crippen LogP contribution in [-0.4, -0.2) is 43.4 Å². The summed E-state index contributed by atoms with van der Waals surface area (Å²) in [5.74, 6) is -0.790. The highest BCUT2D eigenvalue weighted by atomic mass is 35.5. The first-order chi connectivity index (χ1) is 13.6. The number of halogens is 4. The van der Waals surface area contributed by atoms with Gasteiger partial charge in [0, 0.05) is 12.2 Å². The lowest BCUT2D eigenvalue weighted by Crippen LogP contribution is -2.39. The van der Waals surface area contributed by atoms with Gasteiger partial charge in [0.1, 0.15) is 0 Å². The SMILES string of the molecule is CN(CC(=O)NCCc1ccccc1)CC(=O)Nc1ccc(Cl)c(C(F)(F)F)c1. The van der Waals surface area contributed by atoms with E-state index in [1.807, 2.05) is 30.3 Å². The van der Waals surface area contributed by atoms with Gasteiger partial charge in [0.2, 0.25) is 11.8 Å². The lowest BCUT2D eigenvalue weighted by molar-refractivity contribution is -0.137. The van der Waals surface area contributed by atoms with Crippen LogP contribution in [0.2, 0.25) is 5.02 Å². The molecule has 0 fully saturated rings. The molecule has 2 amide bonds. The van der Waals surface area contributed by atoms with E-state index in [1.165, 1.54) is 11.0 Å². The molecular weight excluding hydrogens is 407 g/mol. The Morgan fingerprint density at radius 2 is 1.69 bits per heavy atom. The van der Waals surface area contributed by atoms with Gasteiger partial charge in [-0.2, -0.15) is 13.2 Å². The van der Waals surface area contributed by atoms with Gasteiger partial charge in [-0.1, -0.05) is 41.9 Å². The first-order valence-electron chi connectivity index (χ1n) is 8.81. The largest absolute Gasteiger partial charge is 0.417 e. The molecular formula is C20H21ClF3N3O2. The number of hydrogen-bond donors (Lipinski definition) is 2. The number of carbonyl (C=O) groups is 2. The van der Waals surface area contributed by atoms with E-state index in [-0.39, 0.29) is 24.7 Å². The van der Waals surface area contributed by atoms with Crippen LogP contribution in [0, 0.1) is 0 Å². The first kappa shape index (κ1) is 22.7. The third-order valence-corrected chi connectivity index (χ3v) is 4.29. The minimum absolute atomic E-state index is 0.0172. The number of amides is 2. The molecule has 0 bridgehead atoms. The number of carbonyl (C=O) groups excluding carboxylic acids is 2. The van der Waals surface area contributed by atoms with Crippen molar-refractivity contribution in [3.05, 3.63) is 64.7 Å². The molecule has 0 aliphatic heterocycles. The van der Waals surface area contributed by atoms with Crippen LogP contribution in [0.5, 0.6) is 0 Å². The summed E-state index contributed by atoms with van der Waals surface area (Å²) in [7, 11) is 1.57. The zero-order chi connectivity index (χ0) is 21.4. The van der Waals surface area contributed by atoms with Gasteiger partial charge in [0.25, 0.3) is 0 Å². The van der Waals surface area contributed by atoms with Gasteiger partial charge < -0.3 is 10.6 Å². The monoisotopic (exact) mass is 427 g/mol. The average Bonchev–Trinajstić information content (AvgIpc) is 2.63. The summed E-state index contributed by atoms with van der Waals surface area (Å²) >= 11 is 5.55. The number of hydrogen-bond acceptors (Lipinski definition) is 3. The molecule has 2 aromatic rings. The van der Waals surface area contributed by atoms with Crippen LogP contribution in [0.3, 0.4) is 0 Å². The van der Waals surface area contributed by atoms with Crippen LogP contribution in [0.4, 0.5) is 18.9 Å². The molecule has 29 heavy (non-hydrogen) atoms. The van der Waals surface area contributed by atoms with Crippen molar-refractivity contribution in [2.24, 2.45) is 0 Å². The van der Waals surface area contributed by atoms with E-state index in [2.05, 4.69) is 10.6 Å². The molecule has 2 rings (SSSR count). The number of likely N-dealkylation sites (N-methyl/N-ethyl adjacent to an activating group) is 1. The van der Waals surface area contributed by atoms with E-state index < -0.39 is 22.7 Å². The molecule has 2 aromatic carbocycles. The molecule has 0 aliphatic carbocycles. The van der Waals surface area contributed by atoms with Crippen molar-refractivity contribution >= 4 is 29.1 Å². The van der Waals surface area contributed by atoms with Crippen LogP contribution >= 0.6 is 11.6 Å². The first-order valence-corrected chi connectivity index (χ1v) is 9.18. The van der Waals surface area contributed by atoms with E-state index in [9.17, 15) is 22.8 Å². The Balaban J connectivity index is 1.78. The Morgan fingerprint density at radius 3 is 2.34 bits per heavy atom. The molecule has 9 heteroatoms. The van der Waals surface area contributed by atoms with Crippen molar-refractivity contribution in [3.63, 3.8) is 0 Å². The van der Waals surface area contributed by atoms with Crippen molar-refractivity contribution < 1.29 is 22.8 Å². The number of nitrogens with zero attached hydrogens (tertiary/aromatic N) is 1. The average molecular weight is 428 g/mol. The van der Waals surface area contributed by atoms with Gasteiger partial charge in [-0.25, -0.2) is 0 Å². The van der Waals surface area contributed by atoms with Crippen molar-refractivity contribution in [2.75, 3.05) is 32.0 Å². The highest BCUT2D eigenvalue weighted by Gasteiger charge is 2.33. The fraction of sp³-hybridized carbons (Fsp3) is 0.300. The lowest BCUT2D eigenvalue weighted by Gasteiger charge is -2.17. The maximum Gasteiger partial charge on any atom is 0.417 e. The third kappa shape index (κ3) is 7.75. The van der Waals surface area contributed by atoms with Crippen molar-refractivity contribution in [3.8, 4) is 0 Å². The van der Waals surface area contributed by atoms with Crippen LogP contribution in [0.25, 0.3) is 0 Å². The maximum atomic E-state index is 12.9. The van der Waals surface area contributed by atoms with E-state index in [0.29, 0.717) is 13.0 Å². The number of alkyl halides is 3. The van der Waals surface area contributed by atoms with Crippen molar-refractivity contribution in [1.82, 2.24) is 10.2 Å². The standard InChI is InChI=1S/C20H21ClF3N3O2/c1-27(12-18(28)25-10-9-14-5-3-2-4-6-14)13-19(29)26-15-7-8-17(21)16(11-15)20(22,23)24/h2-8,11H,9-10,12-13H2,1H3,(H,25,28)(H,26,29). The summed E-state index contributed by atoms with van der Waals surface area (Å²) in [5.41, 5.74) is 0.0530. The van der Waals surface area contributed by atoms with Gasteiger partial charge in [-0.3, -0.25) is 14.5 Å². The highest BCUT2D eigenvalue weighted by Crippen LogP contribution is 2.36. The molecule has 0 unspecified atom stereocenters. The zero-order valence-corrected chi connectivity index (χ0v) is 16.5. The van der Waals surface area contributed by atoms with Crippen LogP contribution in [0.15, 0.2) is 48.5 Å². The number of anilines is 1. The minimum Gasteiger partial charge on any atom is -0.355 e. The third-order valence-electron chi connectivity index (χ3n) is 3.96. The molecule has 0 radical (unpaired) electrons.